The van der Waals surface area contributed by atoms with Crippen molar-refractivity contribution in [3.63, 3.8) is 0 Å². The quantitative estimate of drug-likeness (QED) is 0.820. The lowest BCUT2D eigenvalue weighted by Crippen LogP contribution is -2.33. The highest BCUT2D eigenvalue weighted by molar-refractivity contribution is 5.77. The molecule has 1 aromatic carbocycles. The van der Waals surface area contributed by atoms with Gasteiger partial charge in [0.1, 0.15) is 24.4 Å². The van der Waals surface area contributed by atoms with Crippen LogP contribution in [-0.4, -0.2) is 51.8 Å². The summed E-state index contributed by atoms with van der Waals surface area (Å²) in [6.07, 6.45) is 3.31. The zero-order valence-electron chi connectivity index (χ0n) is 13.2. The van der Waals surface area contributed by atoms with Gasteiger partial charge >= 0.3 is 0 Å². The van der Waals surface area contributed by atoms with Gasteiger partial charge in [-0.3, -0.25) is 4.79 Å². The number of amides is 1. The average Bonchev–Trinajstić information content (AvgIpc) is 3.25. The number of likely N-dealkylation sites (tertiary alicyclic amines) is 1. The largest absolute Gasteiger partial charge is 0.497 e. The first-order chi connectivity index (χ1) is 11.2. The summed E-state index contributed by atoms with van der Waals surface area (Å²) in [7, 11) is 3.24. The van der Waals surface area contributed by atoms with E-state index in [4.69, 9.17) is 9.47 Å². The fourth-order valence-electron chi connectivity index (χ4n) is 2.96. The van der Waals surface area contributed by atoms with E-state index in [0.717, 1.165) is 36.4 Å². The van der Waals surface area contributed by atoms with Crippen LogP contribution in [0.2, 0.25) is 0 Å². The number of benzene rings is 1. The van der Waals surface area contributed by atoms with Crippen LogP contribution in [0.25, 0.3) is 0 Å². The maximum atomic E-state index is 12.6. The second-order valence-corrected chi connectivity index (χ2v) is 5.36. The Morgan fingerprint density at radius 1 is 1.35 bits per heavy atom. The van der Waals surface area contributed by atoms with Crippen LogP contribution >= 0.6 is 0 Å². The zero-order chi connectivity index (χ0) is 16.2. The third kappa shape index (κ3) is 3.10. The molecule has 2 heterocycles. The lowest BCUT2D eigenvalue weighted by Gasteiger charge is -2.26. The first-order valence-electron chi connectivity index (χ1n) is 7.45. The van der Waals surface area contributed by atoms with E-state index in [9.17, 15) is 4.79 Å². The molecular formula is C15H19N5O3. The van der Waals surface area contributed by atoms with E-state index in [-0.39, 0.29) is 18.5 Å². The summed E-state index contributed by atoms with van der Waals surface area (Å²) >= 11 is 0. The molecule has 122 valence electrons. The Bertz CT molecular complexity index is 674. The molecule has 0 saturated carbocycles. The number of nitrogens with zero attached hydrogens (tertiary/aromatic N) is 5. The highest BCUT2D eigenvalue weighted by atomic mass is 16.5. The zero-order valence-corrected chi connectivity index (χ0v) is 13.2. The van der Waals surface area contributed by atoms with Crippen LogP contribution in [0.4, 0.5) is 0 Å². The van der Waals surface area contributed by atoms with Crippen molar-refractivity contribution in [1.29, 1.82) is 0 Å². The van der Waals surface area contributed by atoms with Crippen molar-refractivity contribution in [2.45, 2.75) is 25.4 Å². The molecule has 1 aromatic heterocycles. The Balaban J connectivity index is 1.82. The van der Waals surface area contributed by atoms with Gasteiger partial charge in [-0.05, 0) is 35.4 Å². The first-order valence-corrected chi connectivity index (χ1v) is 7.45. The molecule has 1 aliphatic rings. The summed E-state index contributed by atoms with van der Waals surface area (Å²) in [6, 6.07) is 5.70. The number of aromatic nitrogens is 4. The van der Waals surface area contributed by atoms with Crippen molar-refractivity contribution in [1.82, 2.24) is 25.1 Å². The summed E-state index contributed by atoms with van der Waals surface area (Å²) in [5, 5.41) is 10.9. The topological polar surface area (TPSA) is 82.4 Å². The van der Waals surface area contributed by atoms with Gasteiger partial charge < -0.3 is 14.4 Å². The Kier molecular flexibility index (Phi) is 4.40. The molecule has 1 unspecified atom stereocenters. The summed E-state index contributed by atoms with van der Waals surface area (Å²) in [5.41, 5.74) is 0.996. The van der Waals surface area contributed by atoms with Crippen LogP contribution in [0.1, 0.15) is 24.4 Å². The highest BCUT2D eigenvalue weighted by Crippen LogP contribution is 2.38. The monoisotopic (exact) mass is 317 g/mol. The molecule has 0 aliphatic carbocycles. The van der Waals surface area contributed by atoms with Gasteiger partial charge in [-0.25, -0.2) is 4.68 Å². The van der Waals surface area contributed by atoms with Crippen molar-refractivity contribution in [2.24, 2.45) is 0 Å². The van der Waals surface area contributed by atoms with E-state index >= 15 is 0 Å². The molecule has 0 N–H and O–H groups in total. The molecule has 23 heavy (non-hydrogen) atoms. The van der Waals surface area contributed by atoms with Gasteiger partial charge in [-0.15, -0.1) is 5.10 Å². The van der Waals surface area contributed by atoms with Crippen LogP contribution in [0.15, 0.2) is 24.5 Å². The van der Waals surface area contributed by atoms with E-state index < -0.39 is 0 Å². The van der Waals surface area contributed by atoms with E-state index in [2.05, 4.69) is 15.5 Å². The molecule has 8 nitrogen and oxygen atoms in total. The second kappa shape index (κ2) is 6.64. The Hall–Kier alpha value is -2.64. The van der Waals surface area contributed by atoms with Crippen molar-refractivity contribution < 1.29 is 14.3 Å². The van der Waals surface area contributed by atoms with E-state index in [1.807, 2.05) is 23.1 Å². The van der Waals surface area contributed by atoms with E-state index in [1.54, 1.807) is 14.2 Å². The standard InChI is InChI=1S/C15H19N5O3/c1-22-11-5-6-12(14(8-11)23-2)13-4-3-7-20(13)15(21)9-19-10-16-17-18-19/h5-6,8,10,13H,3-4,7,9H2,1-2H3. The molecule has 2 aromatic rings. The highest BCUT2D eigenvalue weighted by Gasteiger charge is 2.32. The fraction of sp³-hybridized carbons (Fsp3) is 0.467. The third-order valence-electron chi connectivity index (χ3n) is 4.06. The van der Waals surface area contributed by atoms with Gasteiger partial charge in [0.15, 0.2) is 0 Å². The second-order valence-electron chi connectivity index (χ2n) is 5.36. The Morgan fingerprint density at radius 2 is 2.22 bits per heavy atom. The number of methoxy groups -OCH3 is 2. The average molecular weight is 317 g/mol. The van der Waals surface area contributed by atoms with Gasteiger partial charge in [0.25, 0.3) is 0 Å². The number of carbonyl (C=O) groups is 1. The van der Waals surface area contributed by atoms with Gasteiger partial charge in [-0.2, -0.15) is 0 Å². The summed E-state index contributed by atoms with van der Waals surface area (Å²) in [6.45, 7) is 0.864. The maximum Gasteiger partial charge on any atom is 0.244 e. The molecular weight excluding hydrogens is 298 g/mol. The van der Waals surface area contributed by atoms with Crippen molar-refractivity contribution >= 4 is 5.91 Å². The Morgan fingerprint density at radius 3 is 2.91 bits per heavy atom. The molecule has 1 amide bonds. The number of hydrogen-bond acceptors (Lipinski definition) is 6. The molecule has 1 fully saturated rings. The van der Waals surface area contributed by atoms with Gasteiger partial charge in [-0.1, -0.05) is 0 Å². The van der Waals surface area contributed by atoms with E-state index in [0.29, 0.717) is 0 Å². The number of ether oxygens (including phenoxy) is 2. The predicted octanol–water partition coefficient (Wildman–Crippen LogP) is 1.05. The minimum absolute atomic E-state index is 0.000151. The smallest absolute Gasteiger partial charge is 0.244 e. The molecule has 1 aliphatic heterocycles. The summed E-state index contributed by atoms with van der Waals surface area (Å²) in [4.78, 5) is 14.4. The van der Waals surface area contributed by atoms with Crippen LogP contribution in [0.3, 0.4) is 0 Å². The summed E-state index contributed by atoms with van der Waals surface area (Å²) in [5.74, 6) is 1.46. The minimum Gasteiger partial charge on any atom is -0.497 e. The number of tetrazole rings is 1. The van der Waals surface area contributed by atoms with Crippen LogP contribution in [0.5, 0.6) is 11.5 Å². The van der Waals surface area contributed by atoms with Crippen molar-refractivity contribution in [3.05, 3.63) is 30.1 Å². The van der Waals surface area contributed by atoms with Gasteiger partial charge in [0.2, 0.25) is 5.91 Å². The molecule has 3 rings (SSSR count). The number of rotatable bonds is 5. The number of hydrogen-bond donors (Lipinski definition) is 0. The summed E-state index contributed by atoms with van der Waals surface area (Å²) < 4.78 is 12.1. The van der Waals surface area contributed by atoms with Crippen molar-refractivity contribution in [3.8, 4) is 11.5 Å². The van der Waals surface area contributed by atoms with Gasteiger partial charge in [0, 0.05) is 18.2 Å². The minimum atomic E-state index is -0.00216. The lowest BCUT2D eigenvalue weighted by molar-refractivity contribution is -0.133. The number of carbonyl (C=O) groups excluding carboxylic acids is 1. The molecule has 0 bridgehead atoms. The molecule has 0 spiro atoms. The lowest BCUT2D eigenvalue weighted by atomic mass is 10.0. The first kappa shape index (κ1) is 15.3. The van der Waals surface area contributed by atoms with Crippen LogP contribution in [-0.2, 0) is 11.3 Å². The molecule has 1 atom stereocenters. The van der Waals surface area contributed by atoms with Crippen LogP contribution < -0.4 is 9.47 Å². The Labute approximate surface area is 134 Å². The SMILES string of the molecule is COc1ccc(C2CCCN2C(=O)Cn2cnnn2)c(OC)c1. The third-order valence-corrected chi connectivity index (χ3v) is 4.06. The van der Waals surface area contributed by atoms with Gasteiger partial charge in [0.05, 0.1) is 20.3 Å². The maximum absolute atomic E-state index is 12.6. The molecule has 8 heteroatoms. The van der Waals surface area contributed by atoms with E-state index in [1.165, 1.54) is 11.0 Å². The van der Waals surface area contributed by atoms with Crippen molar-refractivity contribution in [2.75, 3.05) is 20.8 Å². The predicted molar refractivity (Wildman–Crippen MR) is 81.1 cm³/mol. The molecule has 0 radical (unpaired) electrons. The fourth-order valence-corrected chi connectivity index (χ4v) is 2.96. The normalized spacial score (nSPS) is 17.3. The molecule has 1 saturated heterocycles. The van der Waals surface area contributed by atoms with Crippen LogP contribution in [0, 0.1) is 0 Å².